The summed E-state index contributed by atoms with van der Waals surface area (Å²) in [5, 5.41) is 149. The number of phenols is 4. The third-order valence-corrected chi connectivity index (χ3v) is 12.9. The quantitative estimate of drug-likeness (QED) is 0.0378. The first kappa shape index (κ1) is 54.5. The summed E-state index contributed by atoms with van der Waals surface area (Å²) < 4.78 is 58.0. The van der Waals surface area contributed by atoms with E-state index in [1.54, 1.807) is 0 Å². The van der Waals surface area contributed by atoms with Gasteiger partial charge in [0.25, 0.3) is 0 Å². The molecule has 26 nitrogen and oxygen atoms in total. The van der Waals surface area contributed by atoms with Crippen molar-refractivity contribution in [1.82, 2.24) is 0 Å². The maximum absolute atomic E-state index is 14.7. The lowest BCUT2D eigenvalue weighted by Crippen LogP contribution is -2.65. The molecule has 14 N–H and O–H groups in total. The Bertz CT molecular complexity index is 2700. The predicted molar refractivity (Wildman–Crippen MR) is 244 cm³/mol. The summed E-state index contributed by atoms with van der Waals surface area (Å²) in [5.74, 6) is -4.91. The van der Waals surface area contributed by atoms with E-state index in [0.717, 1.165) is 30.3 Å². The van der Waals surface area contributed by atoms with Crippen molar-refractivity contribution in [3.63, 3.8) is 0 Å². The summed E-state index contributed by atoms with van der Waals surface area (Å²) in [6.07, 6.45) is -32.0. The molecule has 0 spiro atoms. The standard InChI is InChI=1S/C48H56O26/c1-16-30(54)34(58)38(62)45(66-16)65-15-27-32(56)36(60)44(74-47-40(64)37(61)41(18(3)68-47)72-28(53)11-6-19-4-8-21(49)9-5-19)48(71-27)73-43-33(57)29-25(52)13-22(69-46-39(63)35(59)31(55)17(2)67-46)14-26(29)70-42(43)20-7-10-23(50)24(51)12-20/h4-14,16-18,27,30-32,34-41,44-52,54-56,58-64H,15H2,1-3H3/b11-6-/t16-,17-,18-,27+,30-,31-,32+,34+,35+,36-,37-,38+,39+,40+,41-,44+,45+,46-,47-,48-/m0/s1. The number of fused-ring (bicyclic) bond motifs is 1. The molecule has 4 fully saturated rings. The van der Waals surface area contributed by atoms with E-state index in [4.69, 9.17) is 47.0 Å². The van der Waals surface area contributed by atoms with E-state index in [-0.39, 0.29) is 17.1 Å². The van der Waals surface area contributed by atoms with Gasteiger partial charge in [-0.05, 0) is 62.7 Å². The normalized spacial score (nSPS) is 36.7. The van der Waals surface area contributed by atoms with Crippen molar-refractivity contribution in [2.75, 3.05) is 6.61 Å². The van der Waals surface area contributed by atoms with Gasteiger partial charge in [-0.1, -0.05) is 12.1 Å². The molecule has 4 aromatic rings. The molecule has 3 aromatic carbocycles. The van der Waals surface area contributed by atoms with Gasteiger partial charge in [0.2, 0.25) is 23.8 Å². The van der Waals surface area contributed by atoms with E-state index >= 15 is 0 Å². The van der Waals surface area contributed by atoms with Crippen LogP contribution in [0.2, 0.25) is 0 Å². The zero-order valence-electron chi connectivity index (χ0n) is 39.3. The Balaban J connectivity index is 1.13. The number of phenolic OH excluding ortho intramolecular Hbond substituents is 4. The van der Waals surface area contributed by atoms with Gasteiger partial charge in [-0.15, -0.1) is 0 Å². The van der Waals surface area contributed by atoms with Crippen LogP contribution in [0.15, 0.2) is 69.9 Å². The van der Waals surface area contributed by atoms with E-state index in [2.05, 4.69) is 0 Å². The Labute approximate surface area is 418 Å². The maximum Gasteiger partial charge on any atom is 0.331 e. The summed E-state index contributed by atoms with van der Waals surface area (Å²) >= 11 is 0. The van der Waals surface area contributed by atoms with Gasteiger partial charge < -0.3 is 119 Å². The number of aromatic hydroxyl groups is 4. The highest BCUT2D eigenvalue weighted by atomic mass is 16.8. The van der Waals surface area contributed by atoms with Crippen molar-refractivity contribution in [3.05, 3.63) is 76.5 Å². The molecule has 0 saturated carbocycles. The zero-order valence-corrected chi connectivity index (χ0v) is 39.3. The van der Waals surface area contributed by atoms with Crippen LogP contribution >= 0.6 is 0 Å². The van der Waals surface area contributed by atoms with E-state index < -0.39 is 181 Å². The van der Waals surface area contributed by atoms with Crippen molar-refractivity contribution in [3.8, 4) is 45.8 Å². The Hall–Kier alpha value is -5.76. The molecule has 4 aliphatic rings. The van der Waals surface area contributed by atoms with E-state index in [9.17, 15) is 81.1 Å². The van der Waals surface area contributed by atoms with E-state index in [1.807, 2.05) is 0 Å². The lowest BCUT2D eigenvalue weighted by atomic mass is 9.97. The summed E-state index contributed by atoms with van der Waals surface area (Å²) in [5.41, 5.74) is -1.33. The van der Waals surface area contributed by atoms with Crippen LogP contribution in [-0.4, -0.2) is 207 Å². The number of aliphatic hydroxyl groups is 10. The minimum absolute atomic E-state index is 0.0133. The first-order chi connectivity index (χ1) is 35.0. The first-order valence-corrected chi connectivity index (χ1v) is 23.1. The van der Waals surface area contributed by atoms with Crippen LogP contribution in [0.25, 0.3) is 28.4 Å². The fraction of sp³-hybridized carbons (Fsp3) is 0.500. The van der Waals surface area contributed by atoms with Crippen molar-refractivity contribution in [2.24, 2.45) is 0 Å². The number of hydrogen-bond acceptors (Lipinski definition) is 26. The summed E-state index contributed by atoms with van der Waals surface area (Å²) in [6.45, 7) is 3.33. The molecule has 0 amide bonds. The third kappa shape index (κ3) is 11.1. The minimum Gasteiger partial charge on any atom is -0.508 e. The molecule has 0 bridgehead atoms. The molecule has 0 aliphatic carbocycles. The van der Waals surface area contributed by atoms with E-state index in [0.29, 0.717) is 5.56 Å². The van der Waals surface area contributed by atoms with Crippen LogP contribution in [0.1, 0.15) is 26.3 Å². The molecule has 0 radical (unpaired) electrons. The van der Waals surface area contributed by atoms with Gasteiger partial charge in [-0.2, -0.15) is 0 Å². The number of aliphatic hydroxyl groups excluding tert-OH is 10. The average molecular weight is 1050 g/mol. The van der Waals surface area contributed by atoms with Gasteiger partial charge in [0.05, 0.1) is 24.9 Å². The summed E-state index contributed by atoms with van der Waals surface area (Å²) in [6, 6.07) is 10.9. The highest BCUT2D eigenvalue weighted by Gasteiger charge is 2.53. The van der Waals surface area contributed by atoms with Crippen LogP contribution in [0.4, 0.5) is 0 Å². The Morgan fingerprint density at radius 1 is 0.581 bits per heavy atom. The number of carbonyl (C=O) groups excluding carboxylic acids is 1. The number of ether oxygens (including phenoxy) is 9. The summed E-state index contributed by atoms with van der Waals surface area (Å²) in [7, 11) is 0. The smallest absolute Gasteiger partial charge is 0.331 e. The van der Waals surface area contributed by atoms with Crippen LogP contribution < -0.4 is 14.9 Å². The van der Waals surface area contributed by atoms with Gasteiger partial charge in [-0.3, -0.25) is 4.79 Å². The number of esters is 1. The molecule has 26 heteroatoms. The topological polar surface area (TPSA) is 414 Å². The second-order valence-corrected chi connectivity index (χ2v) is 18.2. The molecule has 1 aromatic heterocycles. The Morgan fingerprint density at radius 3 is 1.85 bits per heavy atom. The maximum atomic E-state index is 14.7. The second kappa shape index (κ2) is 22.2. The fourth-order valence-electron chi connectivity index (χ4n) is 8.63. The monoisotopic (exact) mass is 1050 g/mol. The van der Waals surface area contributed by atoms with Gasteiger partial charge in [0.1, 0.15) is 95.4 Å². The van der Waals surface area contributed by atoms with Crippen molar-refractivity contribution < 1.29 is 123 Å². The van der Waals surface area contributed by atoms with Gasteiger partial charge in [0, 0.05) is 23.8 Å². The minimum atomic E-state index is -2.17. The van der Waals surface area contributed by atoms with Crippen LogP contribution in [0.5, 0.6) is 34.5 Å². The molecule has 5 heterocycles. The highest BCUT2D eigenvalue weighted by Crippen LogP contribution is 2.41. The first-order valence-electron chi connectivity index (χ1n) is 23.1. The Kier molecular flexibility index (Phi) is 16.4. The number of carbonyl (C=O) groups is 1. The molecule has 404 valence electrons. The fourth-order valence-corrected chi connectivity index (χ4v) is 8.63. The lowest BCUT2D eigenvalue weighted by molar-refractivity contribution is -0.360. The zero-order chi connectivity index (χ0) is 53.6. The SMILES string of the molecule is C[C@@H]1O[C@@H](OC[C@H]2O[C@@H](Oc3c(-c4ccc(O)c(O)c4)oc4cc(O[C@@H]5O[C@@H](C)[C@H](O)[C@@H](O)[C@H]5O)cc(O)c4c3=O)[C@H](O[C@@H]3O[C@@H](C)[C@H](OC(=O)/C=C\c4ccc(O)cc4)[C@@H](O)[C@H]3O)[C@@H](O)[C@@H]2O)[C@H](O)[C@H](O)[C@H]1O. The predicted octanol–water partition coefficient (Wildman–Crippen LogP) is -2.36. The van der Waals surface area contributed by atoms with Crippen molar-refractivity contribution in [2.45, 2.75) is 144 Å². The lowest BCUT2D eigenvalue weighted by Gasteiger charge is -2.46. The molecule has 0 unspecified atom stereocenters. The largest absolute Gasteiger partial charge is 0.508 e. The van der Waals surface area contributed by atoms with Gasteiger partial charge >= 0.3 is 5.97 Å². The molecule has 4 saturated heterocycles. The Morgan fingerprint density at radius 2 is 1.19 bits per heavy atom. The summed E-state index contributed by atoms with van der Waals surface area (Å²) in [4.78, 5) is 27.6. The number of benzene rings is 3. The third-order valence-electron chi connectivity index (χ3n) is 12.9. The molecule has 4 aliphatic heterocycles. The molecular weight excluding hydrogens is 993 g/mol. The van der Waals surface area contributed by atoms with Gasteiger partial charge in [0.15, 0.2) is 42.0 Å². The molecule has 8 rings (SSSR count). The van der Waals surface area contributed by atoms with Crippen LogP contribution in [-0.2, 0) is 38.0 Å². The van der Waals surface area contributed by atoms with E-state index in [1.165, 1.54) is 57.2 Å². The average Bonchev–Trinajstić information content (AvgIpc) is 3.36. The molecule has 20 atom stereocenters. The van der Waals surface area contributed by atoms with Crippen LogP contribution in [0.3, 0.4) is 0 Å². The number of hydrogen-bond donors (Lipinski definition) is 14. The van der Waals surface area contributed by atoms with Gasteiger partial charge in [-0.25, -0.2) is 4.79 Å². The van der Waals surface area contributed by atoms with Crippen molar-refractivity contribution in [1.29, 1.82) is 0 Å². The number of rotatable bonds is 13. The molecule has 74 heavy (non-hydrogen) atoms. The van der Waals surface area contributed by atoms with Crippen molar-refractivity contribution >= 4 is 23.0 Å². The molecular formula is C48H56O26. The highest BCUT2D eigenvalue weighted by molar-refractivity contribution is 5.89. The van der Waals surface area contributed by atoms with Crippen LogP contribution in [0, 0.1) is 0 Å². The second-order valence-electron chi connectivity index (χ2n) is 18.2.